The molecule has 7 heteroatoms. The summed E-state index contributed by atoms with van der Waals surface area (Å²) in [6.07, 6.45) is 0. The van der Waals surface area contributed by atoms with Gasteiger partial charge in [-0.3, -0.25) is 14.9 Å². The van der Waals surface area contributed by atoms with Crippen molar-refractivity contribution in [1.29, 1.82) is 0 Å². The zero-order chi connectivity index (χ0) is 16.3. The van der Waals surface area contributed by atoms with E-state index in [1.54, 1.807) is 12.1 Å². The van der Waals surface area contributed by atoms with Crippen LogP contribution >= 0.6 is 15.9 Å². The number of methoxy groups -OCH3 is 1. The molecule has 0 aromatic heterocycles. The Bertz CT molecular complexity index is 746. The van der Waals surface area contributed by atoms with Crippen molar-refractivity contribution in [2.45, 2.75) is 6.92 Å². The van der Waals surface area contributed by atoms with E-state index in [1.807, 2.05) is 13.0 Å². The highest BCUT2D eigenvalue weighted by molar-refractivity contribution is 9.10. The Morgan fingerprint density at radius 3 is 2.59 bits per heavy atom. The van der Waals surface area contributed by atoms with Gasteiger partial charge in [0.05, 0.1) is 17.6 Å². The van der Waals surface area contributed by atoms with Crippen LogP contribution in [0, 0.1) is 17.0 Å². The maximum atomic E-state index is 12.3. The molecular formula is C15H13BrN2O4. The monoisotopic (exact) mass is 364 g/mol. The van der Waals surface area contributed by atoms with Crippen LogP contribution in [0.15, 0.2) is 40.9 Å². The van der Waals surface area contributed by atoms with Crippen molar-refractivity contribution in [1.82, 2.24) is 0 Å². The third-order valence-corrected chi connectivity index (χ3v) is 3.92. The number of benzene rings is 2. The fourth-order valence-corrected chi connectivity index (χ4v) is 2.23. The summed E-state index contributed by atoms with van der Waals surface area (Å²) in [6, 6.07) is 9.25. The number of nitrogens with one attached hydrogen (secondary N) is 1. The van der Waals surface area contributed by atoms with E-state index in [2.05, 4.69) is 21.2 Å². The first-order chi connectivity index (χ1) is 10.4. The molecule has 0 spiro atoms. The number of nitrogens with zero attached hydrogens (tertiary/aromatic N) is 1. The van der Waals surface area contributed by atoms with Crippen LogP contribution in [0.5, 0.6) is 5.75 Å². The summed E-state index contributed by atoms with van der Waals surface area (Å²) in [7, 11) is 1.40. The van der Waals surface area contributed by atoms with Crippen molar-refractivity contribution in [2.75, 3.05) is 12.4 Å². The predicted molar refractivity (Wildman–Crippen MR) is 86.5 cm³/mol. The first kappa shape index (κ1) is 16.0. The summed E-state index contributed by atoms with van der Waals surface area (Å²) >= 11 is 3.39. The summed E-state index contributed by atoms with van der Waals surface area (Å²) in [5.74, 6) is -0.203. The molecule has 0 aliphatic carbocycles. The molecule has 1 N–H and O–H groups in total. The van der Waals surface area contributed by atoms with Crippen molar-refractivity contribution in [3.63, 3.8) is 0 Å². The fourth-order valence-electron chi connectivity index (χ4n) is 1.86. The van der Waals surface area contributed by atoms with Crippen molar-refractivity contribution in [3.05, 3.63) is 62.1 Å². The largest absolute Gasteiger partial charge is 0.496 e. The van der Waals surface area contributed by atoms with Gasteiger partial charge in [0.25, 0.3) is 11.6 Å². The zero-order valence-corrected chi connectivity index (χ0v) is 13.5. The summed E-state index contributed by atoms with van der Waals surface area (Å²) in [5.41, 5.74) is 1.55. The highest BCUT2D eigenvalue weighted by Gasteiger charge is 2.17. The quantitative estimate of drug-likeness (QED) is 0.658. The highest BCUT2D eigenvalue weighted by atomic mass is 79.9. The minimum atomic E-state index is -0.557. The standard InChI is InChI=1S/C15H13BrN2O4/c1-9-3-4-10(7-13(9)16)17-15(19)12-8-11(18(20)21)5-6-14(12)22-2/h3-8H,1-2H3,(H,17,19). The average Bonchev–Trinajstić information content (AvgIpc) is 2.50. The maximum absolute atomic E-state index is 12.3. The van der Waals surface area contributed by atoms with E-state index in [9.17, 15) is 14.9 Å². The summed E-state index contributed by atoms with van der Waals surface area (Å²) in [4.78, 5) is 22.6. The van der Waals surface area contributed by atoms with Gasteiger partial charge in [0, 0.05) is 22.3 Å². The van der Waals surface area contributed by atoms with E-state index in [1.165, 1.54) is 25.3 Å². The number of rotatable bonds is 4. The maximum Gasteiger partial charge on any atom is 0.270 e. The number of amides is 1. The van der Waals surface area contributed by atoms with Crippen LogP contribution in [-0.2, 0) is 0 Å². The first-order valence-electron chi connectivity index (χ1n) is 6.32. The third kappa shape index (κ3) is 3.43. The van der Waals surface area contributed by atoms with Crippen LogP contribution in [0.1, 0.15) is 15.9 Å². The van der Waals surface area contributed by atoms with Crippen LogP contribution in [0.3, 0.4) is 0 Å². The topological polar surface area (TPSA) is 81.5 Å². The fraction of sp³-hybridized carbons (Fsp3) is 0.133. The van der Waals surface area contributed by atoms with Gasteiger partial charge in [0.1, 0.15) is 5.75 Å². The molecule has 0 bridgehead atoms. The van der Waals surface area contributed by atoms with Crippen LogP contribution < -0.4 is 10.1 Å². The summed E-state index contributed by atoms with van der Waals surface area (Å²) in [6.45, 7) is 1.93. The van der Waals surface area contributed by atoms with Gasteiger partial charge in [-0.05, 0) is 30.7 Å². The van der Waals surface area contributed by atoms with E-state index in [0.717, 1.165) is 10.0 Å². The SMILES string of the molecule is COc1ccc([N+](=O)[O-])cc1C(=O)Nc1ccc(C)c(Br)c1. The number of nitro groups is 1. The molecule has 2 aromatic carbocycles. The van der Waals surface area contributed by atoms with Crippen molar-refractivity contribution >= 4 is 33.2 Å². The Labute approximate surface area is 135 Å². The molecule has 0 heterocycles. The van der Waals surface area contributed by atoms with E-state index in [-0.39, 0.29) is 17.0 Å². The lowest BCUT2D eigenvalue weighted by Gasteiger charge is -2.10. The molecule has 0 aliphatic heterocycles. The summed E-state index contributed by atoms with van der Waals surface area (Å²) in [5, 5.41) is 13.5. The van der Waals surface area contributed by atoms with Crippen LogP contribution in [-0.4, -0.2) is 17.9 Å². The Kier molecular flexibility index (Phi) is 4.77. The van der Waals surface area contributed by atoms with Crippen LogP contribution in [0.2, 0.25) is 0 Å². The predicted octanol–water partition coefficient (Wildman–Crippen LogP) is 3.93. The zero-order valence-electron chi connectivity index (χ0n) is 11.9. The Balaban J connectivity index is 2.33. The lowest BCUT2D eigenvalue weighted by atomic mass is 10.1. The first-order valence-corrected chi connectivity index (χ1v) is 7.11. The molecule has 114 valence electrons. The lowest BCUT2D eigenvalue weighted by Crippen LogP contribution is -2.13. The van der Waals surface area contributed by atoms with Crippen molar-refractivity contribution in [3.8, 4) is 5.75 Å². The Morgan fingerprint density at radius 2 is 2.00 bits per heavy atom. The molecule has 0 fully saturated rings. The number of non-ortho nitro benzene ring substituents is 1. The molecule has 0 aliphatic rings. The van der Waals surface area contributed by atoms with Gasteiger partial charge in [-0.1, -0.05) is 22.0 Å². The number of hydrogen-bond donors (Lipinski definition) is 1. The van der Waals surface area contributed by atoms with Crippen LogP contribution in [0.25, 0.3) is 0 Å². The number of anilines is 1. The number of carbonyl (C=O) groups excluding carboxylic acids is 1. The van der Waals surface area contributed by atoms with Crippen LogP contribution in [0.4, 0.5) is 11.4 Å². The van der Waals surface area contributed by atoms with Gasteiger partial charge in [0.2, 0.25) is 0 Å². The number of carbonyl (C=O) groups is 1. The molecule has 6 nitrogen and oxygen atoms in total. The van der Waals surface area contributed by atoms with Gasteiger partial charge >= 0.3 is 0 Å². The number of ether oxygens (including phenoxy) is 1. The molecule has 22 heavy (non-hydrogen) atoms. The second-order valence-corrected chi connectivity index (χ2v) is 5.41. The second-order valence-electron chi connectivity index (χ2n) is 4.56. The number of aryl methyl sites for hydroxylation is 1. The second kappa shape index (κ2) is 6.57. The molecule has 0 radical (unpaired) electrons. The Hall–Kier alpha value is -2.41. The average molecular weight is 365 g/mol. The molecule has 0 saturated carbocycles. The molecule has 2 rings (SSSR count). The molecule has 0 atom stereocenters. The number of hydrogen-bond acceptors (Lipinski definition) is 4. The van der Waals surface area contributed by atoms with E-state index >= 15 is 0 Å². The van der Waals surface area contributed by atoms with Gasteiger partial charge in [-0.15, -0.1) is 0 Å². The van der Waals surface area contributed by atoms with Gasteiger partial charge in [-0.2, -0.15) is 0 Å². The third-order valence-electron chi connectivity index (χ3n) is 3.07. The number of nitro benzene ring substituents is 1. The minimum absolute atomic E-state index is 0.105. The van der Waals surface area contributed by atoms with Crippen molar-refractivity contribution in [2.24, 2.45) is 0 Å². The highest BCUT2D eigenvalue weighted by Crippen LogP contribution is 2.26. The van der Waals surface area contributed by atoms with E-state index < -0.39 is 10.8 Å². The van der Waals surface area contributed by atoms with Gasteiger partial charge < -0.3 is 10.1 Å². The molecule has 0 unspecified atom stereocenters. The molecular weight excluding hydrogens is 352 g/mol. The van der Waals surface area contributed by atoms with E-state index in [0.29, 0.717) is 5.69 Å². The van der Waals surface area contributed by atoms with Gasteiger partial charge in [-0.25, -0.2) is 0 Å². The Morgan fingerprint density at radius 1 is 1.27 bits per heavy atom. The van der Waals surface area contributed by atoms with Gasteiger partial charge in [0.15, 0.2) is 0 Å². The number of halogens is 1. The molecule has 0 saturated heterocycles. The molecule has 1 amide bonds. The normalized spacial score (nSPS) is 10.1. The van der Waals surface area contributed by atoms with E-state index in [4.69, 9.17) is 4.74 Å². The summed E-state index contributed by atoms with van der Waals surface area (Å²) < 4.78 is 5.95. The molecule has 2 aromatic rings. The van der Waals surface area contributed by atoms with Crippen molar-refractivity contribution < 1.29 is 14.5 Å². The minimum Gasteiger partial charge on any atom is -0.496 e. The lowest BCUT2D eigenvalue weighted by molar-refractivity contribution is -0.384. The smallest absolute Gasteiger partial charge is 0.270 e.